The molecule has 0 bridgehead atoms. The fourth-order valence-corrected chi connectivity index (χ4v) is 3.33. The number of furan rings is 1. The van der Waals surface area contributed by atoms with Gasteiger partial charge >= 0.3 is 0 Å². The summed E-state index contributed by atoms with van der Waals surface area (Å²) in [5.41, 5.74) is 2.07. The van der Waals surface area contributed by atoms with Crippen LogP contribution >= 0.6 is 24.0 Å². The maximum Gasteiger partial charge on any atom is 0.227 e. The fourth-order valence-electron chi connectivity index (χ4n) is 3.33. The Morgan fingerprint density at radius 1 is 1.19 bits per heavy atom. The Morgan fingerprint density at radius 3 is 2.68 bits per heavy atom. The highest BCUT2D eigenvalue weighted by Crippen LogP contribution is 2.21. The lowest BCUT2D eigenvalue weighted by Gasteiger charge is -2.16. The van der Waals surface area contributed by atoms with Crippen molar-refractivity contribution in [2.45, 2.75) is 39.2 Å². The smallest absolute Gasteiger partial charge is 0.227 e. The van der Waals surface area contributed by atoms with Crippen LogP contribution in [0.5, 0.6) is 0 Å². The number of carbonyl (C=O) groups excluding carboxylic acids is 1. The minimum absolute atomic E-state index is 0. The van der Waals surface area contributed by atoms with Gasteiger partial charge in [0, 0.05) is 51.4 Å². The Bertz CT molecular complexity index is 794. The van der Waals surface area contributed by atoms with E-state index in [1.54, 1.807) is 6.26 Å². The summed E-state index contributed by atoms with van der Waals surface area (Å²) >= 11 is 0. The topological polar surface area (TPSA) is 79.1 Å². The van der Waals surface area contributed by atoms with Crippen molar-refractivity contribution in [2.75, 3.05) is 37.7 Å². The molecule has 0 spiro atoms. The first-order valence-electron chi connectivity index (χ1n) is 10.8. The lowest BCUT2D eigenvalue weighted by Crippen LogP contribution is -2.39. The number of aliphatic imine (C=N–C) groups is 1. The number of anilines is 1. The summed E-state index contributed by atoms with van der Waals surface area (Å²) in [6.07, 6.45) is 4.99. The van der Waals surface area contributed by atoms with Crippen LogP contribution in [-0.4, -0.2) is 44.7 Å². The molecule has 170 valence electrons. The van der Waals surface area contributed by atoms with Gasteiger partial charge in [-0.2, -0.15) is 0 Å². The number of benzene rings is 1. The van der Waals surface area contributed by atoms with Crippen molar-refractivity contribution >= 4 is 41.5 Å². The van der Waals surface area contributed by atoms with E-state index >= 15 is 0 Å². The number of carbonyl (C=O) groups is 1. The van der Waals surface area contributed by atoms with Gasteiger partial charge in [-0.25, -0.2) is 4.99 Å². The summed E-state index contributed by atoms with van der Waals surface area (Å²) in [6.45, 7) is 6.38. The van der Waals surface area contributed by atoms with Crippen LogP contribution in [0.3, 0.4) is 0 Å². The quantitative estimate of drug-likeness (QED) is 0.197. The molecule has 1 saturated heterocycles. The number of nitrogens with one attached hydrogen (secondary N) is 2. The van der Waals surface area contributed by atoms with E-state index in [2.05, 4.69) is 10.6 Å². The minimum Gasteiger partial charge on any atom is -0.469 e. The van der Waals surface area contributed by atoms with Crippen LogP contribution in [0.2, 0.25) is 0 Å². The van der Waals surface area contributed by atoms with Crippen molar-refractivity contribution in [1.82, 2.24) is 10.6 Å². The van der Waals surface area contributed by atoms with Crippen molar-refractivity contribution in [3.8, 4) is 0 Å². The SMILES string of the molecule is CCOCCCNC(=NCc1ccc(N2CCCC2=O)cc1)NCCc1ccco1.I. The number of hydrogen-bond acceptors (Lipinski definition) is 4. The normalized spacial score (nSPS) is 13.9. The van der Waals surface area contributed by atoms with Crippen LogP contribution in [0.4, 0.5) is 5.69 Å². The lowest BCUT2D eigenvalue weighted by molar-refractivity contribution is -0.117. The summed E-state index contributed by atoms with van der Waals surface area (Å²) in [6, 6.07) is 12.0. The first kappa shape index (κ1) is 25.2. The molecule has 7 nitrogen and oxygen atoms in total. The third-order valence-electron chi connectivity index (χ3n) is 4.95. The van der Waals surface area contributed by atoms with E-state index in [1.807, 2.05) is 48.2 Å². The number of nitrogens with zero attached hydrogens (tertiary/aromatic N) is 2. The molecule has 8 heteroatoms. The van der Waals surface area contributed by atoms with Crippen LogP contribution in [0.15, 0.2) is 52.1 Å². The van der Waals surface area contributed by atoms with Gasteiger partial charge in [-0.3, -0.25) is 4.79 Å². The van der Waals surface area contributed by atoms with Crippen LogP contribution in [0.25, 0.3) is 0 Å². The lowest BCUT2D eigenvalue weighted by atomic mass is 10.2. The summed E-state index contributed by atoms with van der Waals surface area (Å²) in [5, 5.41) is 6.73. The molecule has 0 radical (unpaired) electrons. The van der Waals surface area contributed by atoms with Gasteiger partial charge in [0.05, 0.1) is 12.8 Å². The number of hydrogen-bond donors (Lipinski definition) is 2. The number of amides is 1. The zero-order chi connectivity index (χ0) is 21.0. The Morgan fingerprint density at radius 2 is 2.00 bits per heavy atom. The van der Waals surface area contributed by atoms with Crippen LogP contribution in [0, 0.1) is 0 Å². The van der Waals surface area contributed by atoms with Crippen molar-refractivity contribution in [3.63, 3.8) is 0 Å². The molecule has 0 atom stereocenters. The van der Waals surface area contributed by atoms with Gasteiger partial charge in [0.2, 0.25) is 5.91 Å². The highest BCUT2D eigenvalue weighted by Gasteiger charge is 2.21. The monoisotopic (exact) mass is 540 g/mol. The van der Waals surface area contributed by atoms with E-state index in [-0.39, 0.29) is 29.9 Å². The van der Waals surface area contributed by atoms with Gasteiger partial charge in [0.1, 0.15) is 5.76 Å². The molecule has 1 aromatic carbocycles. The fraction of sp³-hybridized carbons (Fsp3) is 0.478. The molecule has 1 aliphatic heterocycles. The molecule has 1 amide bonds. The van der Waals surface area contributed by atoms with Crippen molar-refractivity contribution < 1.29 is 13.9 Å². The second kappa shape index (κ2) is 14.1. The number of halogens is 1. The zero-order valence-electron chi connectivity index (χ0n) is 18.1. The Hall–Kier alpha value is -2.07. The van der Waals surface area contributed by atoms with Gasteiger partial charge in [-0.1, -0.05) is 12.1 Å². The number of guanidine groups is 1. The van der Waals surface area contributed by atoms with E-state index in [0.717, 1.165) is 75.1 Å². The standard InChI is InChI=1S/C23H32N4O3.HI/c1-2-29-16-5-13-24-23(25-14-12-21-6-4-17-30-21)26-18-19-8-10-20(11-9-19)27-15-3-7-22(27)28;/h4,6,8-11,17H,2-3,5,7,12-16,18H2,1H3,(H2,24,25,26);1H. The predicted octanol–water partition coefficient (Wildman–Crippen LogP) is 3.73. The van der Waals surface area contributed by atoms with Gasteiger partial charge in [0.25, 0.3) is 0 Å². The molecule has 2 N–H and O–H groups in total. The molecular formula is C23H33IN4O3. The molecule has 0 unspecified atom stereocenters. The van der Waals surface area contributed by atoms with Gasteiger partial charge < -0.3 is 24.7 Å². The van der Waals surface area contributed by atoms with Crippen molar-refractivity contribution in [3.05, 3.63) is 54.0 Å². The molecule has 0 aliphatic carbocycles. The molecule has 31 heavy (non-hydrogen) atoms. The van der Waals surface area contributed by atoms with Crippen molar-refractivity contribution in [2.24, 2.45) is 4.99 Å². The first-order chi connectivity index (χ1) is 14.8. The number of ether oxygens (including phenoxy) is 1. The predicted molar refractivity (Wildman–Crippen MR) is 134 cm³/mol. The summed E-state index contributed by atoms with van der Waals surface area (Å²) in [5.74, 6) is 1.93. The number of rotatable bonds is 11. The van der Waals surface area contributed by atoms with E-state index < -0.39 is 0 Å². The largest absolute Gasteiger partial charge is 0.469 e. The molecule has 1 aliphatic rings. The van der Waals surface area contributed by atoms with Gasteiger partial charge in [0.15, 0.2) is 5.96 Å². The molecule has 3 rings (SSSR count). The molecule has 1 aromatic heterocycles. The van der Waals surface area contributed by atoms with E-state index in [0.29, 0.717) is 13.0 Å². The van der Waals surface area contributed by atoms with Gasteiger partial charge in [-0.05, 0) is 49.6 Å². The van der Waals surface area contributed by atoms with E-state index in [4.69, 9.17) is 14.1 Å². The Balaban J connectivity index is 0.00000341. The minimum atomic E-state index is 0. The van der Waals surface area contributed by atoms with Crippen LogP contribution < -0.4 is 15.5 Å². The maximum absolute atomic E-state index is 11.9. The molecule has 1 fully saturated rings. The van der Waals surface area contributed by atoms with Crippen molar-refractivity contribution in [1.29, 1.82) is 0 Å². The average Bonchev–Trinajstić information content (AvgIpc) is 3.43. The zero-order valence-corrected chi connectivity index (χ0v) is 20.5. The Labute approximate surface area is 201 Å². The second-order valence-electron chi connectivity index (χ2n) is 7.21. The third-order valence-corrected chi connectivity index (χ3v) is 4.95. The Kier molecular flexibility index (Phi) is 11.4. The van der Waals surface area contributed by atoms with Crippen LogP contribution in [0.1, 0.15) is 37.5 Å². The molecular weight excluding hydrogens is 507 g/mol. The second-order valence-corrected chi connectivity index (χ2v) is 7.21. The highest BCUT2D eigenvalue weighted by molar-refractivity contribution is 14.0. The van der Waals surface area contributed by atoms with E-state index in [1.165, 1.54) is 0 Å². The molecule has 2 aromatic rings. The molecule has 0 saturated carbocycles. The summed E-state index contributed by atoms with van der Waals surface area (Å²) in [7, 11) is 0. The van der Waals surface area contributed by atoms with Gasteiger partial charge in [-0.15, -0.1) is 24.0 Å². The first-order valence-corrected chi connectivity index (χ1v) is 10.8. The average molecular weight is 540 g/mol. The molecule has 2 heterocycles. The highest BCUT2D eigenvalue weighted by atomic mass is 127. The van der Waals surface area contributed by atoms with E-state index in [9.17, 15) is 4.79 Å². The maximum atomic E-state index is 11.9. The summed E-state index contributed by atoms with van der Waals surface area (Å²) < 4.78 is 10.8. The third kappa shape index (κ3) is 8.53. The summed E-state index contributed by atoms with van der Waals surface area (Å²) in [4.78, 5) is 18.5. The van der Waals surface area contributed by atoms with Crippen LogP contribution in [-0.2, 0) is 22.5 Å².